The number of rotatable bonds is 6. The maximum Gasteiger partial charge on any atom is 0.210 e. The summed E-state index contributed by atoms with van der Waals surface area (Å²) in [5.74, 6) is 5.85. The van der Waals surface area contributed by atoms with E-state index in [9.17, 15) is 0 Å². The van der Waals surface area contributed by atoms with Crippen molar-refractivity contribution in [2.75, 3.05) is 25.1 Å². The number of anilines is 1. The molecule has 106 valence electrons. The molecule has 0 aromatic heterocycles. The third-order valence-corrected chi connectivity index (χ3v) is 2.62. The Morgan fingerprint density at radius 2 is 2.00 bits per heavy atom. The molecule has 0 aliphatic heterocycles. The Bertz CT molecular complexity index is 406. The lowest BCUT2D eigenvalue weighted by Gasteiger charge is -2.10. The van der Waals surface area contributed by atoms with Crippen LogP contribution in [0.5, 0.6) is 0 Å². The topological polar surface area (TPSA) is 71.7 Å². The van der Waals surface area contributed by atoms with Gasteiger partial charge in [0.1, 0.15) is 0 Å². The first-order chi connectivity index (χ1) is 9.15. The first-order valence-corrected chi connectivity index (χ1v) is 6.73. The number of guanidine groups is 1. The molecule has 4 N–H and O–H groups in total. The minimum Gasteiger partial charge on any atom is -0.382 e. The van der Waals surface area contributed by atoms with E-state index in [4.69, 9.17) is 33.8 Å². The average Bonchev–Trinajstić information content (AvgIpc) is 2.36. The third-order valence-electron chi connectivity index (χ3n) is 2.18. The van der Waals surface area contributed by atoms with Crippen LogP contribution in [-0.4, -0.2) is 25.7 Å². The molecule has 0 heterocycles. The fraction of sp³-hybridized carbons (Fsp3) is 0.417. The van der Waals surface area contributed by atoms with E-state index in [1.807, 2.05) is 6.92 Å². The third kappa shape index (κ3) is 6.63. The lowest BCUT2D eigenvalue weighted by Crippen LogP contribution is -2.36. The van der Waals surface area contributed by atoms with Gasteiger partial charge in [0.15, 0.2) is 0 Å². The van der Waals surface area contributed by atoms with E-state index in [-0.39, 0.29) is 0 Å². The zero-order chi connectivity index (χ0) is 14.1. The van der Waals surface area contributed by atoms with Crippen LogP contribution < -0.4 is 16.6 Å². The van der Waals surface area contributed by atoms with Gasteiger partial charge >= 0.3 is 0 Å². The molecule has 0 spiro atoms. The van der Waals surface area contributed by atoms with Gasteiger partial charge in [0.05, 0.1) is 0 Å². The molecule has 0 saturated heterocycles. The van der Waals surface area contributed by atoms with Gasteiger partial charge in [0.2, 0.25) is 5.96 Å². The van der Waals surface area contributed by atoms with Gasteiger partial charge in [-0.05, 0) is 31.5 Å². The maximum absolute atomic E-state index is 5.91. The molecule has 0 amide bonds. The van der Waals surface area contributed by atoms with E-state index in [0.717, 1.165) is 12.1 Å². The number of hydrogen-bond acceptors (Lipinski definition) is 3. The van der Waals surface area contributed by atoms with Gasteiger partial charge in [-0.1, -0.05) is 23.2 Å². The van der Waals surface area contributed by atoms with Crippen molar-refractivity contribution in [2.24, 2.45) is 10.8 Å². The molecule has 0 unspecified atom stereocenters. The second kappa shape index (κ2) is 8.98. The molecule has 1 aromatic carbocycles. The van der Waals surface area contributed by atoms with Crippen LogP contribution in [-0.2, 0) is 4.74 Å². The predicted octanol–water partition coefficient (Wildman–Crippen LogP) is 2.65. The van der Waals surface area contributed by atoms with Crippen LogP contribution in [0.3, 0.4) is 0 Å². The average molecular weight is 305 g/mol. The summed E-state index contributed by atoms with van der Waals surface area (Å²) in [6.45, 7) is 3.97. The highest BCUT2D eigenvalue weighted by molar-refractivity contribution is 6.35. The number of nitrogens with zero attached hydrogens (tertiary/aromatic N) is 1. The molecule has 0 aliphatic rings. The monoisotopic (exact) mass is 304 g/mol. The summed E-state index contributed by atoms with van der Waals surface area (Å²) in [4.78, 5) is 4.27. The Kier molecular flexibility index (Phi) is 7.59. The summed E-state index contributed by atoms with van der Waals surface area (Å²) in [5.41, 5.74) is 3.21. The quantitative estimate of drug-likeness (QED) is 0.248. The lowest BCUT2D eigenvalue weighted by atomic mass is 10.3. The Morgan fingerprint density at radius 3 is 2.58 bits per heavy atom. The van der Waals surface area contributed by atoms with E-state index in [1.165, 1.54) is 0 Å². The highest BCUT2D eigenvalue weighted by Crippen LogP contribution is 2.22. The summed E-state index contributed by atoms with van der Waals surface area (Å²) in [5, 5.41) is 4.09. The molecular formula is C12H18Cl2N4O. The number of benzene rings is 1. The first kappa shape index (κ1) is 16.0. The molecule has 7 heteroatoms. The highest BCUT2D eigenvalue weighted by Gasteiger charge is 2.01. The molecule has 1 rings (SSSR count). The molecule has 0 saturated carbocycles. The lowest BCUT2D eigenvalue weighted by molar-refractivity contribution is 0.146. The Morgan fingerprint density at radius 1 is 1.32 bits per heavy atom. The van der Waals surface area contributed by atoms with Crippen molar-refractivity contribution in [1.82, 2.24) is 5.43 Å². The summed E-state index contributed by atoms with van der Waals surface area (Å²) >= 11 is 11.8. The van der Waals surface area contributed by atoms with E-state index in [2.05, 4.69) is 15.7 Å². The molecule has 0 radical (unpaired) electrons. The van der Waals surface area contributed by atoms with Crippen molar-refractivity contribution < 1.29 is 4.74 Å². The fourth-order valence-corrected chi connectivity index (χ4v) is 1.91. The Labute approximate surface area is 123 Å². The van der Waals surface area contributed by atoms with Crippen LogP contribution in [0.2, 0.25) is 10.0 Å². The van der Waals surface area contributed by atoms with E-state index < -0.39 is 0 Å². The Hall–Kier alpha value is -1.01. The summed E-state index contributed by atoms with van der Waals surface area (Å²) < 4.78 is 5.22. The molecular weight excluding hydrogens is 287 g/mol. The smallest absolute Gasteiger partial charge is 0.210 e. The minimum absolute atomic E-state index is 0.454. The number of nitrogens with one attached hydrogen (secondary N) is 2. The van der Waals surface area contributed by atoms with Crippen LogP contribution >= 0.6 is 23.2 Å². The SMILES string of the molecule is CCOCCCN=C(NN)Nc1cc(Cl)cc(Cl)c1. The zero-order valence-corrected chi connectivity index (χ0v) is 12.3. The van der Waals surface area contributed by atoms with Gasteiger partial charge in [-0.3, -0.25) is 10.4 Å². The van der Waals surface area contributed by atoms with Crippen molar-refractivity contribution in [1.29, 1.82) is 0 Å². The van der Waals surface area contributed by atoms with Gasteiger partial charge in [-0.25, -0.2) is 5.84 Å². The molecule has 0 bridgehead atoms. The van der Waals surface area contributed by atoms with Crippen LogP contribution in [0, 0.1) is 0 Å². The fourth-order valence-electron chi connectivity index (χ4n) is 1.39. The minimum atomic E-state index is 0.454. The number of hydrazine groups is 1. The molecule has 19 heavy (non-hydrogen) atoms. The zero-order valence-electron chi connectivity index (χ0n) is 10.7. The van der Waals surface area contributed by atoms with Crippen LogP contribution in [0.25, 0.3) is 0 Å². The van der Waals surface area contributed by atoms with Gasteiger partial charge in [0, 0.05) is 35.5 Å². The van der Waals surface area contributed by atoms with Crippen molar-refractivity contribution in [3.05, 3.63) is 28.2 Å². The normalized spacial score (nSPS) is 11.5. The van der Waals surface area contributed by atoms with Crippen molar-refractivity contribution in [3.8, 4) is 0 Å². The van der Waals surface area contributed by atoms with E-state index in [1.54, 1.807) is 18.2 Å². The summed E-state index contributed by atoms with van der Waals surface area (Å²) in [6, 6.07) is 5.13. The number of aliphatic imine (C=N–C) groups is 1. The number of halogens is 2. The van der Waals surface area contributed by atoms with Gasteiger partial charge in [-0.15, -0.1) is 0 Å². The van der Waals surface area contributed by atoms with Gasteiger partial charge in [-0.2, -0.15) is 0 Å². The van der Waals surface area contributed by atoms with Gasteiger partial charge in [0.25, 0.3) is 0 Å². The van der Waals surface area contributed by atoms with E-state index in [0.29, 0.717) is 35.8 Å². The first-order valence-electron chi connectivity index (χ1n) is 5.97. The second-order valence-electron chi connectivity index (χ2n) is 3.71. The van der Waals surface area contributed by atoms with Gasteiger partial charge < -0.3 is 10.1 Å². The van der Waals surface area contributed by atoms with Crippen LogP contribution in [0.15, 0.2) is 23.2 Å². The highest BCUT2D eigenvalue weighted by atomic mass is 35.5. The van der Waals surface area contributed by atoms with E-state index >= 15 is 0 Å². The number of hydrogen-bond donors (Lipinski definition) is 3. The number of ether oxygens (including phenoxy) is 1. The van der Waals surface area contributed by atoms with Crippen molar-refractivity contribution in [3.63, 3.8) is 0 Å². The predicted molar refractivity (Wildman–Crippen MR) is 80.8 cm³/mol. The van der Waals surface area contributed by atoms with Crippen LogP contribution in [0.1, 0.15) is 13.3 Å². The summed E-state index contributed by atoms with van der Waals surface area (Å²) in [7, 11) is 0. The standard InChI is InChI=1S/C12H18Cl2N4O/c1-2-19-5-3-4-16-12(18-15)17-11-7-9(13)6-10(14)8-11/h6-8H,2-5,15H2,1H3,(H2,16,17,18). The van der Waals surface area contributed by atoms with Crippen molar-refractivity contribution >= 4 is 34.8 Å². The maximum atomic E-state index is 5.91. The molecule has 5 nitrogen and oxygen atoms in total. The van der Waals surface area contributed by atoms with Crippen LogP contribution in [0.4, 0.5) is 5.69 Å². The molecule has 0 fully saturated rings. The number of nitrogens with two attached hydrogens (primary N) is 1. The second-order valence-corrected chi connectivity index (χ2v) is 4.58. The largest absolute Gasteiger partial charge is 0.382 e. The summed E-state index contributed by atoms with van der Waals surface area (Å²) in [6.07, 6.45) is 0.830. The molecule has 0 aliphatic carbocycles. The molecule has 0 atom stereocenters. The van der Waals surface area contributed by atoms with Crippen molar-refractivity contribution in [2.45, 2.75) is 13.3 Å². The Balaban J connectivity index is 2.53. The molecule has 1 aromatic rings.